The van der Waals surface area contributed by atoms with Gasteiger partial charge in [0.25, 0.3) is 0 Å². The van der Waals surface area contributed by atoms with E-state index in [1.165, 1.54) is 0 Å². The molecule has 0 spiro atoms. The summed E-state index contributed by atoms with van der Waals surface area (Å²) < 4.78 is 5.31. The average Bonchev–Trinajstić information content (AvgIpc) is 3.05. The number of piperidine rings is 1. The molecule has 1 aliphatic rings. The molecule has 7 nitrogen and oxygen atoms in total. The van der Waals surface area contributed by atoms with Crippen LogP contribution in [0.5, 0.6) is 0 Å². The molecule has 0 radical (unpaired) electrons. The van der Waals surface area contributed by atoms with E-state index >= 15 is 0 Å². The normalized spacial score (nSPS) is 18.1. The molecule has 8 heteroatoms. The molecule has 2 aromatic rings. The molecule has 0 N–H and O–H groups in total. The smallest absolute Gasteiger partial charge is 0.227 e. The van der Waals surface area contributed by atoms with Gasteiger partial charge in [0.05, 0.1) is 6.20 Å². The van der Waals surface area contributed by atoms with Crippen LogP contribution < -0.4 is 0 Å². The maximum atomic E-state index is 12.0. The summed E-state index contributed by atoms with van der Waals surface area (Å²) in [6.07, 6.45) is 7.88. The van der Waals surface area contributed by atoms with E-state index in [1.54, 1.807) is 18.6 Å². The molecule has 1 amide bonds. The van der Waals surface area contributed by atoms with Crippen molar-refractivity contribution in [3.8, 4) is 11.5 Å². The van der Waals surface area contributed by atoms with Crippen molar-refractivity contribution in [3.05, 3.63) is 24.5 Å². The molecule has 0 saturated carbocycles. The molecule has 1 saturated heterocycles. The summed E-state index contributed by atoms with van der Waals surface area (Å²) in [5.74, 6) is 1.83. The SMILES string of the molecule is O=C(CCCl)N1CCCC(Cc2nc(-c3cnccn3)no2)C1. The Bertz CT molecular complexity index is 648. The Morgan fingerprint density at radius 2 is 2.35 bits per heavy atom. The number of halogens is 1. The largest absolute Gasteiger partial charge is 0.342 e. The van der Waals surface area contributed by atoms with Crippen molar-refractivity contribution < 1.29 is 9.32 Å². The molecule has 0 bridgehead atoms. The van der Waals surface area contributed by atoms with Gasteiger partial charge in [-0.05, 0) is 18.8 Å². The lowest BCUT2D eigenvalue weighted by Crippen LogP contribution is -2.40. The summed E-state index contributed by atoms with van der Waals surface area (Å²) in [5, 5.41) is 3.95. The number of rotatable bonds is 5. The Hall–Kier alpha value is -2.02. The Kier molecular flexibility index (Phi) is 5.17. The van der Waals surface area contributed by atoms with E-state index in [9.17, 15) is 4.79 Å². The fourth-order valence-corrected chi connectivity index (χ4v) is 2.96. The van der Waals surface area contributed by atoms with Crippen molar-refractivity contribution >= 4 is 17.5 Å². The first-order chi connectivity index (χ1) is 11.3. The van der Waals surface area contributed by atoms with Crippen molar-refractivity contribution in [2.24, 2.45) is 5.92 Å². The van der Waals surface area contributed by atoms with Gasteiger partial charge in [0, 0.05) is 44.2 Å². The number of likely N-dealkylation sites (tertiary alicyclic amines) is 1. The second-order valence-electron chi connectivity index (χ2n) is 5.59. The number of hydrogen-bond donors (Lipinski definition) is 0. The van der Waals surface area contributed by atoms with Gasteiger partial charge in [0.2, 0.25) is 17.6 Å². The van der Waals surface area contributed by atoms with E-state index in [0.717, 1.165) is 25.9 Å². The summed E-state index contributed by atoms with van der Waals surface area (Å²) in [6.45, 7) is 1.53. The number of alkyl halides is 1. The van der Waals surface area contributed by atoms with Crippen molar-refractivity contribution in [2.45, 2.75) is 25.7 Å². The molecular weight excluding hydrogens is 318 g/mol. The maximum Gasteiger partial charge on any atom is 0.227 e. The third-order valence-corrected chi connectivity index (χ3v) is 4.09. The van der Waals surface area contributed by atoms with Crippen LogP contribution in [0.1, 0.15) is 25.2 Å². The Morgan fingerprint density at radius 1 is 1.43 bits per heavy atom. The zero-order valence-electron chi connectivity index (χ0n) is 12.7. The quantitative estimate of drug-likeness (QED) is 0.776. The van der Waals surface area contributed by atoms with Gasteiger partial charge in [-0.1, -0.05) is 5.16 Å². The van der Waals surface area contributed by atoms with E-state index in [-0.39, 0.29) is 5.91 Å². The van der Waals surface area contributed by atoms with Crippen LogP contribution in [0.15, 0.2) is 23.1 Å². The first-order valence-electron chi connectivity index (χ1n) is 7.69. The summed E-state index contributed by atoms with van der Waals surface area (Å²) in [7, 11) is 0. The second kappa shape index (κ2) is 7.50. The summed E-state index contributed by atoms with van der Waals surface area (Å²) >= 11 is 5.65. The van der Waals surface area contributed by atoms with Gasteiger partial charge in [-0.2, -0.15) is 4.98 Å². The highest BCUT2D eigenvalue weighted by molar-refractivity contribution is 6.18. The van der Waals surface area contributed by atoms with Crippen LogP contribution in [0.4, 0.5) is 0 Å². The first-order valence-corrected chi connectivity index (χ1v) is 8.22. The topological polar surface area (TPSA) is 85.0 Å². The van der Waals surface area contributed by atoms with Crippen LogP contribution in [-0.4, -0.2) is 49.9 Å². The number of aromatic nitrogens is 4. The number of nitrogens with zero attached hydrogens (tertiary/aromatic N) is 5. The minimum atomic E-state index is 0.121. The highest BCUT2D eigenvalue weighted by Crippen LogP contribution is 2.22. The zero-order chi connectivity index (χ0) is 16.1. The molecule has 3 heterocycles. The van der Waals surface area contributed by atoms with Crippen molar-refractivity contribution in [1.82, 2.24) is 25.0 Å². The molecule has 2 aromatic heterocycles. The minimum absolute atomic E-state index is 0.121. The molecule has 3 rings (SSSR count). The summed E-state index contributed by atoms with van der Waals surface area (Å²) in [6, 6.07) is 0. The second-order valence-corrected chi connectivity index (χ2v) is 5.97. The third kappa shape index (κ3) is 4.04. The fourth-order valence-electron chi connectivity index (χ4n) is 2.80. The molecule has 23 heavy (non-hydrogen) atoms. The van der Waals surface area contributed by atoms with E-state index in [0.29, 0.717) is 42.0 Å². The van der Waals surface area contributed by atoms with Gasteiger partial charge in [-0.25, -0.2) is 4.98 Å². The van der Waals surface area contributed by atoms with Gasteiger partial charge in [0.1, 0.15) is 5.69 Å². The maximum absolute atomic E-state index is 12.0. The number of carbonyl (C=O) groups is 1. The standard InChI is InChI=1S/C15H18ClN5O2/c16-4-3-14(22)21-7-1-2-11(10-21)8-13-19-15(20-23-13)12-9-17-5-6-18-12/h5-6,9,11H,1-4,7-8,10H2. The van der Waals surface area contributed by atoms with E-state index in [1.807, 2.05) is 4.90 Å². The monoisotopic (exact) mass is 335 g/mol. The van der Waals surface area contributed by atoms with Gasteiger partial charge in [-0.3, -0.25) is 9.78 Å². The molecule has 1 aliphatic heterocycles. The van der Waals surface area contributed by atoms with Gasteiger partial charge < -0.3 is 9.42 Å². The summed E-state index contributed by atoms with van der Waals surface area (Å²) in [4.78, 5) is 26.4. The van der Waals surface area contributed by atoms with Crippen molar-refractivity contribution in [2.75, 3.05) is 19.0 Å². The Morgan fingerprint density at radius 3 is 3.13 bits per heavy atom. The molecule has 0 aliphatic carbocycles. The minimum Gasteiger partial charge on any atom is -0.342 e. The highest BCUT2D eigenvalue weighted by atomic mass is 35.5. The highest BCUT2D eigenvalue weighted by Gasteiger charge is 2.25. The lowest BCUT2D eigenvalue weighted by Gasteiger charge is -2.32. The van der Waals surface area contributed by atoms with Crippen LogP contribution in [0.2, 0.25) is 0 Å². The van der Waals surface area contributed by atoms with Crippen LogP contribution in [0.25, 0.3) is 11.5 Å². The number of carbonyl (C=O) groups excluding carboxylic acids is 1. The Labute approximate surface area is 139 Å². The zero-order valence-corrected chi connectivity index (χ0v) is 13.4. The van der Waals surface area contributed by atoms with Crippen LogP contribution in [0.3, 0.4) is 0 Å². The predicted octanol–water partition coefficient (Wildman–Crippen LogP) is 1.94. The number of amides is 1. The first kappa shape index (κ1) is 15.9. The lowest BCUT2D eigenvalue weighted by atomic mass is 9.94. The molecule has 0 aromatic carbocycles. The molecule has 1 atom stereocenters. The van der Waals surface area contributed by atoms with Crippen LogP contribution in [-0.2, 0) is 11.2 Å². The van der Waals surface area contributed by atoms with Crippen molar-refractivity contribution in [3.63, 3.8) is 0 Å². The number of hydrogen-bond acceptors (Lipinski definition) is 6. The molecule has 1 fully saturated rings. The average molecular weight is 336 g/mol. The van der Waals surface area contributed by atoms with Gasteiger partial charge in [0.15, 0.2) is 0 Å². The third-order valence-electron chi connectivity index (χ3n) is 3.90. The summed E-state index contributed by atoms with van der Waals surface area (Å²) in [5.41, 5.74) is 0.588. The van der Waals surface area contributed by atoms with Gasteiger partial charge >= 0.3 is 0 Å². The fraction of sp³-hybridized carbons (Fsp3) is 0.533. The van der Waals surface area contributed by atoms with Crippen LogP contribution in [0, 0.1) is 5.92 Å². The Balaban J connectivity index is 1.61. The molecule has 1 unspecified atom stereocenters. The van der Waals surface area contributed by atoms with E-state index in [2.05, 4.69) is 20.1 Å². The van der Waals surface area contributed by atoms with E-state index < -0.39 is 0 Å². The van der Waals surface area contributed by atoms with Gasteiger partial charge in [-0.15, -0.1) is 11.6 Å². The lowest BCUT2D eigenvalue weighted by molar-refractivity contribution is -0.132. The van der Waals surface area contributed by atoms with E-state index in [4.69, 9.17) is 16.1 Å². The van der Waals surface area contributed by atoms with Crippen molar-refractivity contribution in [1.29, 1.82) is 0 Å². The van der Waals surface area contributed by atoms with Crippen LogP contribution >= 0.6 is 11.6 Å². The molecule has 122 valence electrons. The molecular formula is C15H18ClN5O2. The predicted molar refractivity (Wildman–Crippen MR) is 83.7 cm³/mol.